The Hall–Kier alpha value is -1.77. The van der Waals surface area contributed by atoms with Crippen LogP contribution < -0.4 is 4.90 Å². The van der Waals surface area contributed by atoms with Crippen LogP contribution in [0.3, 0.4) is 0 Å². The molecule has 142 valence electrons. The lowest BCUT2D eigenvalue weighted by molar-refractivity contribution is 0.0320. The summed E-state index contributed by atoms with van der Waals surface area (Å²) in [5.74, 6) is 2.38. The molecule has 0 bridgehead atoms. The lowest BCUT2D eigenvalue weighted by Gasteiger charge is -2.34. The van der Waals surface area contributed by atoms with Crippen LogP contribution in [0.25, 0.3) is 5.65 Å². The largest absolute Gasteiger partial charge is 0.379 e. The molecule has 0 aromatic carbocycles. The number of aromatic nitrogens is 4. The van der Waals surface area contributed by atoms with Gasteiger partial charge in [0, 0.05) is 46.2 Å². The molecule has 2 aromatic heterocycles. The van der Waals surface area contributed by atoms with Gasteiger partial charge >= 0.3 is 0 Å². The van der Waals surface area contributed by atoms with Gasteiger partial charge in [0.1, 0.15) is 5.82 Å². The third kappa shape index (κ3) is 3.82. The van der Waals surface area contributed by atoms with Crippen molar-refractivity contribution in [3.8, 4) is 0 Å². The molecule has 2 fully saturated rings. The second kappa shape index (κ2) is 7.85. The summed E-state index contributed by atoms with van der Waals surface area (Å²) in [4.78, 5) is 7.10. The number of rotatable bonds is 5. The molecule has 0 aliphatic carbocycles. The van der Waals surface area contributed by atoms with Gasteiger partial charge in [-0.1, -0.05) is 0 Å². The Morgan fingerprint density at radius 3 is 2.38 bits per heavy atom. The highest BCUT2D eigenvalue weighted by Crippen LogP contribution is 2.27. The molecule has 4 heterocycles. The topological polar surface area (TPSA) is 62.0 Å². The summed E-state index contributed by atoms with van der Waals surface area (Å²) < 4.78 is 7.36. The number of hydrogen-bond donors (Lipinski definition) is 0. The van der Waals surface area contributed by atoms with E-state index in [4.69, 9.17) is 9.84 Å². The van der Waals surface area contributed by atoms with E-state index in [2.05, 4.69) is 20.0 Å². The van der Waals surface area contributed by atoms with E-state index in [1.165, 1.54) is 0 Å². The zero-order valence-electron chi connectivity index (χ0n) is 15.8. The van der Waals surface area contributed by atoms with Gasteiger partial charge in [0.05, 0.1) is 13.2 Å². The van der Waals surface area contributed by atoms with Crippen LogP contribution in [-0.2, 0) is 4.74 Å². The van der Waals surface area contributed by atoms with Crippen molar-refractivity contribution in [1.29, 1.82) is 0 Å². The molecule has 8 heteroatoms. The van der Waals surface area contributed by atoms with Crippen molar-refractivity contribution in [2.45, 2.75) is 18.8 Å². The van der Waals surface area contributed by atoms with Crippen LogP contribution in [0.2, 0.25) is 0 Å². The van der Waals surface area contributed by atoms with Crippen molar-refractivity contribution in [3.05, 3.63) is 18.0 Å². The van der Waals surface area contributed by atoms with E-state index in [1.54, 1.807) is 0 Å². The van der Waals surface area contributed by atoms with Gasteiger partial charge in [-0.05, 0) is 38.1 Å². The van der Waals surface area contributed by atoms with Crippen LogP contribution in [0, 0.1) is 0 Å². The normalized spacial score (nSPS) is 20.7. The van der Waals surface area contributed by atoms with Gasteiger partial charge in [0.2, 0.25) is 0 Å². The average Bonchev–Trinajstić information content (AvgIpc) is 3.11. The predicted molar refractivity (Wildman–Crippen MR) is 101 cm³/mol. The molecule has 2 aromatic rings. The van der Waals surface area contributed by atoms with Gasteiger partial charge in [-0.25, -0.2) is 0 Å². The van der Waals surface area contributed by atoms with Crippen LogP contribution in [0.5, 0.6) is 0 Å². The van der Waals surface area contributed by atoms with E-state index >= 15 is 0 Å². The monoisotopic (exact) mass is 359 g/mol. The first-order valence-corrected chi connectivity index (χ1v) is 9.63. The molecule has 0 N–H and O–H groups in total. The number of piperidine rings is 1. The zero-order chi connectivity index (χ0) is 17.9. The van der Waals surface area contributed by atoms with E-state index in [-0.39, 0.29) is 0 Å². The highest BCUT2D eigenvalue weighted by molar-refractivity contribution is 5.45. The highest BCUT2D eigenvalue weighted by Gasteiger charge is 2.25. The van der Waals surface area contributed by atoms with Crippen LogP contribution >= 0.6 is 0 Å². The second-order valence-electron chi connectivity index (χ2n) is 7.48. The van der Waals surface area contributed by atoms with Crippen LogP contribution in [0.4, 0.5) is 5.82 Å². The minimum atomic E-state index is 0.439. The highest BCUT2D eigenvalue weighted by atomic mass is 16.5. The lowest BCUT2D eigenvalue weighted by atomic mass is 9.96. The fraction of sp³-hybridized carbons (Fsp3) is 0.722. The summed E-state index contributed by atoms with van der Waals surface area (Å²) in [5.41, 5.74) is 0.834. The first-order valence-electron chi connectivity index (χ1n) is 9.63. The fourth-order valence-corrected chi connectivity index (χ4v) is 3.81. The lowest BCUT2D eigenvalue weighted by Crippen LogP contribution is -2.43. The zero-order valence-corrected chi connectivity index (χ0v) is 15.8. The molecule has 0 atom stereocenters. The molecule has 0 amide bonds. The molecule has 2 aliphatic heterocycles. The van der Waals surface area contributed by atoms with Crippen molar-refractivity contribution in [2.75, 3.05) is 71.5 Å². The summed E-state index contributed by atoms with van der Waals surface area (Å²) >= 11 is 0. The first-order chi connectivity index (χ1) is 12.7. The number of ether oxygens (including phenoxy) is 1. The number of fused-ring (bicyclic) bond motifs is 1. The standard InChI is InChI=1S/C18H29N7O/c1-22(2)17-4-3-16-19-20-18(25(16)21-17)15-5-7-23(8-6-15)9-10-24-11-13-26-14-12-24/h3-4,15H,5-14H2,1-2H3. The van der Waals surface area contributed by atoms with Crippen molar-refractivity contribution in [1.82, 2.24) is 29.6 Å². The Labute approximate surface area is 154 Å². The molecule has 2 saturated heterocycles. The SMILES string of the molecule is CN(C)c1ccc2nnc(C3CCN(CCN4CCOCC4)CC3)n2n1. The Morgan fingerprint density at radius 1 is 1.00 bits per heavy atom. The van der Waals surface area contributed by atoms with E-state index in [0.717, 1.165) is 82.6 Å². The van der Waals surface area contributed by atoms with Crippen LogP contribution in [0.1, 0.15) is 24.6 Å². The van der Waals surface area contributed by atoms with Crippen LogP contribution in [0.15, 0.2) is 12.1 Å². The minimum Gasteiger partial charge on any atom is -0.379 e. The second-order valence-corrected chi connectivity index (χ2v) is 7.48. The molecular formula is C18H29N7O. The van der Waals surface area contributed by atoms with Crippen molar-refractivity contribution < 1.29 is 4.74 Å². The number of nitrogens with zero attached hydrogens (tertiary/aromatic N) is 7. The van der Waals surface area contributed by atoms with Crippen molar-refractivity contribution >= 4 is 11.5 Å². The summed E-state index contributed by atoms with van der Waals surface area (Å²) in [7, 11) is 4.01. The summed E-state index contributed by atoms with van der Waals surface area (Å²) in [6.07, 6.45) is 2.25. The number of hydrogen-bond acceptors (Lipinski definition) is 7. The molecule has 8 nitrogen and oxygen atoms in total. The van der Waals surface area contributed by atoms with Gasteiger partial charge in [-0.15, -0.1) is 15.3 Å². The van der Waals surface area contributed by atoms with E-state index < -0.39 is 0 Å². The van der Waals surface area contributed by atoms with Gasteiger partial charge < -0.3 is 14.5 Å². The maximum Gasteiger partial charge on any atom is 0.178 e. The summed E-state index contributed by atoms with van der Waals surface area (Å²) in [5, 5.41) is 13.5. The average molecular weight is 359 g/mol. The molecular weight excluding hydrogens is 330 g/mol. The van der Waals surface area contributed by atoms with Gasteiger partial charge in [-0.2, -0.15) is 4.52 Å². The molecule has 0 saturated carbocycles. The minimum absolute atomic E-state index is 0.439. The molecule has 0 spiro atoms. The van der Waals surface area contributed by atoms with E-state index in [9.17, 15) is 0 Å². The Bertz CT molecular complexity index is 717. The molecule has 26 heavy (non-hydrogen) atoms. The number of likely N-dealkylation sites (tertiary alicyclic amines) is 1. The third-order valence-electron chi connectivity index (χ3n) is 5.52. The summed E-state index contributed by atoms with van der Waals surface area (Å²) in [6.45, 7) is 8.44. The molecule has 0 radical (unpaired) electrons. The Morgan fingerprint density at radius 2 is 1.69 bits per heavy atom. The molecule has 0 unspecified atom stereocenters. The van der Waals surface area contributed by atoms with Crippen molar-refractivity contribution in [2.24, 2.45) is 0 Å². The van der Waals surface area contributed by atoms with Crippen LogP contribution in [-0.4, -0.2) is 96.2 Å². The fourth-order valence-electron chi connectivity index (χ4n) is 3.81. The maximum atomic E-state index is 5.43. The van der Waals surface area contributed by atoms with E-state index in [0.29, 0.717) is 5.92 Å². The quantitative estimate of drug-likeness (QED) is 0.779. The Balaban J connectivity index is 1.35. The van der Waals surface area contributed by atoms with E-state index in [1.807, 2.05) is 35.6 Å². The first kappa shape index (κ1) is 17.6. The van der Waals surface area contributed by atoms with Gasteiger partial charge in [0.15, 0.2) is 11.5 Å². The van der Waals surface area contributed by atoms with Gasteiger partial charge in [0.25, 0.3) is 0 Å². The molecule has 2 aliphatic rings. The number of anilines is 1. The smallest absolute Gasteiger partial charge is 0.178 e. The van der Waals surface area contributed by atoms with Gasteiger partial charge in [-0.3, -0.25) is 4.90 Å². The number of morpholine rings is 1. The summed E-state index contributed by atoms with van der Waals surface area (Å²) in [6, 6.07) is 3.98. The van der Waals surface area contributed by atoms with Crippen molar-refractivity contribution in [3.63, 3.8) is 0 Å². The Kier molecular flexibility index (Phi) is 5.33. The third-order valence-corrected chi connectivity index (χ3v) is 5.52. The maximum absolute atomic E-state index is 5.43. The molecule has 4 rings (SSSR count). The predicted octanol–water partition coefficient (Wildman–Crippen LogP) is 0.702.